The summed E-state index contributed by atoms with van der Waals surface area (Å²) < 4.78 is 4.15. The first-order valence-corrected chi connectivity index (χ1v) is 7.94. The molecule has 0 aliphatic rings. The first-order valence-electron chi connectivity index (χ1n) is 7.94. The lowest BCUT2D eigenvalue weighted by Gasteiger charge is -2.14. The van der Waals surface area contributed by atoms with E-state index < -0.39 is 0 Å². The van der Waals surface area contributed by atoms with Gasteiger partial charge in [0.25, 0.3) is 0 Å². The standard InChI is InChI=1S/C16H27N5/c1-6-16-18-11-21(19-16)14(5)8-7-13(4)15-9-20(10-17-15)12(2)3/h9-14H,6-8H2,1-5H3. The molecule has 0 N–H and O–H groups in total. The third kappa shape index (κ3) is 3.93. The van der Waals surface area contributed by atoms with E-state index in [0.29, 0.717) is 18.0 Å². The van der Waals surface area contributed by atoms with Crippen LogP contribution in [0.2, 0.25) is 0 Å². The molecule has 5 heteroatoms. The first kappa shape index (κ1) is 15.7. The fourth-order valence-corrected chi connectivity index (χ4v) is 2.35. The smallest absolute Gasteiger partial charge is 0.150 e. The summed E-state index contributed by atoms with van der Waals surface area (Å²) >= 11 is 0. The second-order valence-corrected chi connectivity index (χ2v) is 6.16. The molecular weight excluding hydrogens is 262 g/mol. The van der Waals surface area contributed by atoms with Crippen molar-refractivity contribution in [2.75, 3.05) is 0 Å². The van der Waals surface area contributed by atoms with Crippen molar-refractivity contribution in [2.24, 2.45) is 0 Å². The normalized spacial score (nSPS) is 14.6. The number of nitrogens with zero attached hydrogens (tertiary/aromatic N) is 5. The summed E-state index contributed by atoms with van der Waals surface area (Å²) in [5.74, 6) is 1.40. The molecule has 2 heterocycles. The number of aryl methyl sites for hydroxylation is 1. The summed E-state index contributed by atoms with van der Waals surface area (Å²) in [4.78, 5) is 8.83. The molecule has 2 aromatic rings. The fourth-order valence-electron chi connectivity index (χ4n) is 2.35. The van der Waals surface area contributed by atoms with Gasteiger partial charge in [-0.1, -0.05) is 13.8 Å². The van der Waals surface area contributed by atoms with Gasteiger partial charge in [-0.15, -0.1) is 0 Å². The molecule has 0 fully saturated rings. The number of rotatable bonds is 7. The monoisotopic (exact) mass is 289 g/mol. The zero-order valence-electron chi connectivity index (χ0n) is 13.8. The van der Waals surface area contributed by atoms with Gasteiger partial charge in [-0.25, -0.2) is 14.6 Å². The maximum Gasteiger partial charge on any atom is 0.150 e. The molecule has 0 bridgehead atoms. The zero-order valence-corrected chi connectivity index (χ0v) is 13.8. The maximum absolute atomic E-state index is 4.53. The van der Waals surface area contributed by atoms with Crippen LogP contribution in [0.4, 0.5) is 0 Å². The molecule has 21 heavy (non-hydrogen) atoms. The Labute approximate surface area is 127 Å². The van der Waals surface area contributed by atoms with E-state index >= 15 is 0 Å². The van der Waals surface area contributed by atoms with Crippen LogP contribution in [0.5, 0.6) is 0 Å². The Bertz CT molecular complexity index is 555. The molecule has 0 radical (unpaired) electrons. The molecule has 0 saturated carbocycles. The highest BCUT2D eigenvalue weighted by Crippen LogP contribution is 2.23. The Balaban J connectivity index is 1.89. The lowest BCUT2D eigenvalue weighted by atomic mass is 10.00. The van der Waals surface area contributed by atoms with Gasteiger partial charge in [0.1, 0.15) is 12.2 Å². The average Bonchev–Trinajstić information content (AvgIpc) is 3.12. The van der Waals surface area contributed by atoms with Gasteiger partial charge in [-0.05, 0) is 39.5 Å². The first-order chi connectivity index (χ1) is 10.0. The minimum Gasteiger partial charge on any atom is -0.335 e. The van der Waals surface area contributed by atoms with Crippen LogP contribution in [0.1, 0.15) is 77.0 Å². The summed E-state index contributed by atoms with van der Waals surface area (Å²) in [6.07, 6.45) is 9.04. The van der Waals surface area contributed by atoms with Gasteiger partial charge in [0, 0.05) is 18.7 Å². The van der Waals surface area contributed by atoms with Crippen LogP contribution < -0.4 is 0 Å². The Morgan fingerprint density at radius 2 is 1.81 bits per heavy atom. The van der Waals surface area contributed by atoms with Crippen molar-refractivity contribution in [3.63, 3.8) is 0 Å². The molecule has 0 aromatic carbocycles. The zero-order chi connectivity index (χ0) is 15.4. The molecule has 0 saturated heterocycles. The van der Waals surface area contributed by atoms with Crippen LogP contribution in [0, 0.1) is 0 Å². The highest BCUT2D eigenvalue weighted by atomic mass is 15.3. The molecule has 2 rings (SSSR count). The molecule has 5 nitrogen and oxygen atoms in total. The molecule has 2 atom stereocenters. The van der Waals surface area contributed by atoms with Gasteiger partial charge in [-0.2, -0.15) is 5.10 Å². The number of aromatic nitrogens is 5. The molecule has 0 aliphatic heterocycles. The fraction of sp³-hybridized carbons (Fsp3) is 0.688. The van der Waals surface area contributed by atoms with Crippen LogP contribution in [0.25, 0.3) is 0 Å². The van der Waals surface area contributed by atoms with E-state index in [4.69, 9.17) is 0 Å². The predicted molar refractivity (Wildman–Crippen MR) is 84.4 cm³/mol. The van der Waals surface area contributed by atoms with Crippen molar-refractivity contribution in [3.8, 4) is 0 Å². The third-order valence-electron chi connectivity index (χ3n) is 4.06. The van der Waals surface area contributed by atoms with E-state index in [0.717, 1.165) is 25.1 Å². The summed E-state index contributed by atoms with van der Waals surface area (Å²) in [6, 6.07) is 0.854. The van der Waals surface area contributed by atoms with E-state index in [1.165, 1.54) is 5.69 Å². The van der Waals surface area contributed by atoms with E-state index in [1.807, 2.05) is 17.3 Å². The molecule has 2 aromatic heterocycles. The Kier molecular flexibility index (Phi) is 5.15. The summed E-state index contributed by atoms with van der Waals surface area (Å²) in [6.45, 7) is 10.9. The summed E-state index contributed by atoms with van der Waals surface area (Å²) in [7, 11) is 0. The minimum absolute atomic E-state index is 0.382. The molecule has 2 unspecified atom stereocenters. The second-order valence-electron chi connectivity index (χ2n) is 6.16. The highest BCUT2D eigenvalue weighted by molar-refractivity contribution is 5.04. The summed E-state index contributed by atoms with van der Waals surface area (Å²) in [5.41, 5.74) is 1.18. The Morgan fingerprint density at radius 1 is 1.05 bits per heavy atom. The van der Waals surface area contributed by atoms with Crippen molar-refractivity contribution < 1.29 is 0 Å². The lowest BCUT2D eigenvalue weighted by molar-refractivity contribution is 0.425. The van der Waals surface area contributed by atoms with Gasteiger partial charge in [0.15, 0.2) is 0 Å². The Morgan fingerprint density at radius 3 is 2.38 bits per heavy atom. The van der Waals surface area contributed by atoms with E-state index in [2.05, 4.69) is 60.4 Å². The molecule has 0 amide bonds. The highest BCUT2D eigenvalue weighted by Gasteiger charge is 2.13. The van der Waals surface area contributed by atoms with Crippen LogP contribution in [0.15, 0.2) is 18.9 Å². The quantitative estimate of drug-likeness (QED) is 0.779. The molecule has 116 valence electrons. The van der Waals surface area contributed by atoms with Crippen LogP contribution in [-0.4, -0.2) is 24.3 Å². The molecular formula is C16H27N5. The second kappa shape index (κ2) is 6.87. The third-order valence-corrected chi connectivity index (χ3v) is 4.06. The lowest BCUT2D eigenvalue weighted by Crippen LogP contribution is -2.08. The van der Waals surface area contributed by atoms with Crippen molar-refractivity contribution >= 4 is 0 Å². The van der Waals surface area contributed by atoms with E-state index in [-0.39, 0.29) is 0 Å². The van der Waals surface area contributed by atoms with Gasteiger partial charge in [-0.3, -0.25) is 0 Å². The molecule has 0 aliphatic carbocycles. The van der Waals surface area contributed by atoms with Gasteiger partial charge in [0.2, 0.25) is 0 Å². The van der Waals surface area contributed by atoms with Crippen molar-refractivity contribution in [3.05, 3.63) is 30.4 Å². The number of hydrogen-bond acceptors (Lipinski definition) is 3. The number of hydrogen-bond donors (Lipinski definition) is 0. The maximum atomic E-state index is 4.53. The van der Waals surface area contributed by atoms with E-state index in [1.54, 1.807) is 0 Å². The minimum atomic E-state index is 0.382. The molecule has 0 spiro atoms. The summed E-state index contributed by atoms with van der Waals surface area (Å²) in [5, 5.41) is 4.49. The average molecular weight is 289 g/mol. The van der Waals surface area contributed by atoms with Crippen molar-refractivity contribution in [1.82, 2.24) is 24.3 Å². The van der Waals surface area contributed by atoms with Gasteiger partial charge in [0.05, 0.1) is 18.1 Å². The predicted octanol–water partition coefficient (Wildman–Crippen LogP) is 3.76. The van der Waals surface area contributed by atoms with Crippen LogP contribution >= 0.6 is 0 Å². The van der Waals surface area contributed by atoms with Gasteiger partial charge >= 0.3 is 0 Å². The topological polar surface area (TPSA) is 48.5 Å². The van der Waals surface area contributed by atoms with Crippen LogP contribution in [-0.2, 0) is 6.42 Å². The SMILES string of the molecule is CCc1ncn(C(C)CCC(C)c2cn(C(C)C)cn2)n1. The van der Waals surface area contributed by atoms with E-state index in [9.17, 15) is 0 Å². The van der Waals surface area contributed by atoms with Crippen molar-refractivity contribution in [2.45, 2.75) is 71.9 Å². The Hall–Kier alpha value is -1.65. The van der Waals surface area contributed by atoms with Gasteiger partial charge < -0.3 is 4.57 Å². The number of imidazole rings is 1. The van der Waals surface area contributed by atoms with Crippen molar-refractivity contribution in [1.29, 1.82) is 0 Å². The largest absolute Gasteiger partial charge is 0.335 e. The van der Waals surface area contributed by atoms with Crippen LogP contribution in [0.3, 0.4) is 0 Å².